The zero-order chi connectivity index (χ0) is 21.8. The number of carbonyl (C=O) groups excluding carboxylic acids is 1. The topological polar surface area (TPSA) is 67.0 Å². The maximum atomic E-state index is 12.7. The summed E-state index contributed by atoms with van der Waals surface area (Å²) in [5.41, 5.74) is 6.90. The molecule has 0 radical (unpaired) electrons. The zero-order valence-electron chi connectivity index (χ0n) is 17.9. The summed E-state index contributed by atoms with van der Waals surface area (Å²) in [6.07, 6.45) is 1.64. The van der Waals surface area contributed by atoms with Crippen LogP contribution in [0.3, 0.4) is 0 Å². The quantitative estimate of drug-likeness (QED) is 0.470. The van der Waals surface area contributed by atoms with E-state index in [1.165, 1.54) is 11.1 Å². The van der Waals surface area contributed by atoms with Crippen molar-refractivity contribution in [1.82, 2.24) is 4.57 Å². The summed E-state index contributed by atoms with van der Waals surface area (Å²) < 4.78 is 7.32. The van der Waals surface area contributed by atoms with Gasteiger partial charge in [0, 0.05) is 28.8 Å². The van der Waals surface area contributed by atoms with Crippen molar-refractivity contribution in [3.8, 4) is 17.5 Å². The SMILES string of the molecule is COc1cccc(NC(=O)/C(C#N)=C\c2cc(C)n(-c3cc(C)cc(C)c3)c2C)c1. The summed E-state index contributed by atoms with van der Waals surface area (Å²) in [6.45, 7) is 8.15. The Hall–Kier alpha value is -3.78. The van der Waals surface area contributed by atoms with Crippen molar-refractivity contribution >= 4 is 17.7 Å². The van der Waals surface area contributed by atoms with Crippen LogP contribution in [0, 0.1) is 39.0 Å². The van der Waals surface area contributed by atoms with Crippen molar-refractivity contribution < 1.29 is 9.53 Å². The summed E-state index contributed by atoms with van der Waals surface area (Å²) >= 11 is 0. The minimum absolute atomic E-state index is 0.0403. The third-order valence-electron chi connectivity index (χ3n) is 4.93. The van der Waals surface area contributed by atoms with E-state index in [1.807, 2.05) is 26.0 Å². The molecule has 2 aromatic carbocycles. The molecule has 0 fully saturated rings. The number of aromatic nitrogens is 1. The van der Waals surface area contributed by atoms with Gasteiger partial charge < -0.3 is 14.6 Å². The molecule has 1 amide bonds. The number of methoxy groups -OCH3 is 1. The highest BCUT2D eigenvalue weighted by Gasteiger charge is 2.14. The third kappa shape index (κ3) is 4.44. The second-order valence-electron chi connectivity index (χ2n) is 7.36. The van der Waals surface area contributed by atoms with Gasteiger partial charge in [0.25, 0.3) is 5.91 Å². The molecule has 0 aliphatic rings. The Labute approximate surface area is 177 Å². The van der Waals surface area contributed by atoms with Crippen molar-refractivity contribution in [2.75, 3.05) is 12.4 Å². The summed E-state index contributed by atoms with van der Waals surface area (Å²) in [7, 11) is 1.56. The van der Waals surface area contributed by atoms with Crippen molar-refractivity contribution in [2.45, 2.75) is 27.7 Å². The number of nitrogens with zero attached hydrogens (tertiary/aromatic N) is 2. The van der Waals surface area contributed by atoms with E-state index in [0.717, 1.165) is 22.6 Å². The maximum absolute atomic E-state index is 12.7. The van der Waals surface area contributed by atoms with E-state index >= 15 is 0 Å². The summed E-state index contributed by atoms with van der Waals surface area (Å²) in [5, 5.41) is 12.3. The molecule has 0 aliphatic heterocycles. The fourth-order valence-electron chi connectivity index (χ4n) is 3.61. The molecule has 1 aromatic heterocycles. The number of benzene rings is 2. The molecular weight excluding hydrogens is 374 g/mol. The van der Waals surface area contributed by atoms with E-state index in [1.54, 1.807) is 37.5 Å². The number of ether oxygens (including phenoxy) is 1. The van der Waals surface area contributed by atoms with Crippen LogP contribution in [0.25, 0.3) is 11.8 Å². The number of carbonyl (C=O) groups is 1. The van der Waals surface area contributed by atoms with E-state index in [4.69, 9.17) is 4.74 Å². The Morgan fingerprint density at radius 2 is 1.77 bits per heavy atom. The summed E-state index contributed by atoms with van der Waals surface area (Å²) in [4.78, 5) is 12.7. The van der Waals surface area contributed by atoms with Crippen molar-refractivity contribution in [2.24, 2.45) is 0 Å². The molecule has 0 bridgehead atoms. The number of anilines is 1. The van der Waals surface area contributed by atoms with Gasteiger partial charge in [0.15, 0.2) is 0 Å². The van der Waals surface area contributed by atoms with Gasteiger partial charge in [-0.05, 0) is 80.8 Å². The molecule has 0 aliphatic carbocycles. The van der Waals surface area contributed by atoms with Crippen molar-refractivity contribution in [3.63, 3.8) is 0 Å². The van der Waals surface area contributed by atoms with Crippen molar-refractivity contribution in [3.05, 3.63) is 82.2 Å². The number of aryl methyl sites for hydroxylation is 3. The van der Waals surface area contributed by atoms with Crippen molar-refractivity contribution in [1.29, 1.82) is 5.26 Å². The maximum Gasteiger partial charge on any atom is 0.266 e. The lowest BCUT2D eigenvalue weighted by atomic mass is 10.1. The smallest absolute Gasteiger partial charge is 0.266 e. The number of nitriles is 1. The Morgan fingerprint density at radius 1 is 1.07 bits per heavy atom. The van der Waals surface area contributed by atoms with E-state index < -0.39 is 5.91 Å². The molecule has 1 N–H and O–H groups in total. The second-order valence-corrected chi connectivity index (χ2v) is 7.36. The van der Waals surface area contributed by atoms with Gasteiger partial charge in [-0.1, -0.05) is 12.1 Å². The zero-order valence-corrected chi connectivity index (χ0v) is 17.9. The van der Waals surface area contributed by atoms with E-state index in [2.05, 4.69) is 41.9 Å². The highest BCUT2D eigenvalue weighted by molar-refractivity contribution is 6.09. The second kappa shape index (κ2) is 8.71. The lowest BCUT2D eigenvalue weighted by Crippen LogP contribution is -2.13. The molecule has 5 heteroatoms. The van der Waals surface area contributed by atoms with Gasteiger partial charge in [-0.3, -0.25) is 4.79 Å². The highest BCUT2D eigenvalue weighted by atomic mass is 16.5. The molecular formula is C25H25N3O2. The normalized spacial score (nSPS) is 11.1. The van der Waals surface area contributed by atoms with Crippen LogP contribution in [-0.4, -0.2) is 17.6 Å². The summed E-state index contributed by atoms with van der Waals surface area (Å²) in [6, 6.07) is 17.4. The van der Waals surface area contributed by atoms with Gasteiger partial charge >= 0.3 is 0 Å². The van der Waals surface area contributed by atoms with E-state index in [9.17, 15) is 10.1 Å². The fourth-order valence-corrected chi connectivity index (χ4v) is 3.61. The first-order valence-corrected chi connectivity index (χ1v) is 9.67. The van der Waals surface area contributed by atoms with E-state index in [-0.39, 0.29) is 5.57 Å². The molecule has 1 heterocycles. The molecule has 0 unspecified atom stereocenters. The molecule has 0 atom stereocenters. The highest BCUT2D eigenvalue weighted by Crippen LogP contribution is 2.25. The first kappa shape index (κ1) is 20.9. The lowest BCUT2D eigenvalue weighted by Gasteiger charge is -2.12. The molecule has 152 valence electrons. The first-order valence-electron chi connectivity index (χ1n) is 9.67. The Balaban J connectivity index is 1.94. The number of amides is 1. The summed E-state index contributed by atoms with van der Waals surface area (Å²) in [5.74, 6) is 0.175. The van der Waals surface area contributed by atoms with Crippen LogP contribution in [-0.2, 0) is 4.79 Å². The molecule has 0 saturated heterocycles. The molecule has 30 heavy (non-hydrogen) atoms. The number of hydrogen-bond donors (Lipinski definition) is 1. The van der Waals surface area contributed by atoms with Crippen LogP contribution >= 0.6 is 0 Å². The van der Waals surface area contributed by atoms with Crippen LogP contribution in [0.1, 0.15) is 28.1 Å². The number of rotatable bonds is 5. The molecule has 0 spiro atoms. The van der Waals surface area contributed by atoms with Crippen LogP contribution in [0.2, 0.25) is 0 Å². The standard InChI is InChI=1S/C25H25N3O2/c1-16-9-17(2)11-23(10-16)28-18(3)12-20(19(28)4)13-21(15-26)25(29)27-22-7-6-8-24(14-22)30-5/h6-14H,1-5H3,(H,27,29)/b21-13-. The first-order chi connectivity index (χ1) is 14.3. The predicted molar refractivity (Wildman–Crippen MR) is 120 cm³/mol. The third-order valence-corrected chi connectivity index (χ3v) is 4.93. The van der Waals surface area contributed by atoms with Crippen LogP contribution in [0.4, 0.5) is 5.69 Å². The van der Waals surface area contributed by atoms with Crippen LogP contribution < -0.4 is 10.1 Å². The average Bonchev–Trinajstić information content (AvgIpc) is 2.98. The van der Waals surface area contributed by atoms with Crippen LogP contribution in [0.15, 0.2) is 54.1 Å². The molecule has 5 nitrogen and oxygen atoms in total. The van der Waals surface area contributed by atoms with Crippen LogP contribution in [0.5, 0.6) is 5.75 Å². The Morgan fingerprint density at radius 3 is 2.40 bits per heavy atom. The van der Waals surface area contributed by atoms with Gasteiger partial charge in [0.2, 0.25) is 0 Å². The average molecular weight is 399 g/mol. The van der Waals surface area contributed by atoms with Gasteiger partial charge in [0.05, 0.1) is 7.11 Å². The minimum Gasteiger partial charge on any atom is -0.497 e. The molecule has 0 saturated carbocycles. The fraction of sp³-hybridized carbons (Fsp3) is 0.200. The largest absolute Gasteiger partial charge is 0.497 e. The predicted octanol–water partition coefficient (Wildman–Crippen LogP) is 5.27. The van der Waals surface area contributed by atoms with E-state index in [0.29, 0.717) is 11.4 Å². The number of nitrogens with one attached hydrogen (secondary N) is 1. The van der Waals surface area contributed by atoms with Gasteiger partial charge in [-0.15, -0.1) is 0 Å². The Kier molecular flexibility index (Phi) is 6.08. The Bertz CT molecular complexity index is 1160. The van der Waals surface area contributed by atoms with Gasteiger partial charge in [-0.25, -0.2) is 0 Å². The van der Waals surface area contributed by atoms with Gasteiger partial charge in [-0.2, -0.15) is 5.26 Å². The number of hydrogen-bond acceptors (Lipinski definition) is 3. The lowest BCUT2D eigenvalue weighted by molar-refractivity contribution is -0.112. The van der Waals surface area contributed by atoms with Gasteiger partial charge in [0.1, 0.15) is 17.4 Å². The molecule has 3 aromatic rings. The minimum atomic E-state index is -0.457. The monoisotopic (exact) mass is 399 g/mol. The molecule has 3 rings (SSSR count).